The van der Waals surface area contributed by atoms with Crippen LogP contribution in [0.5, 0.6) is 0 Å². The molecule has 2 N–H and O–H groups in total. The summed E-state index contributed by atoms with van der Waals surface area (Å²) in [7, 11) is 0. The van der Waals surface area contributed by atoms with E-state index in [1.165, 1.54) is 10.5 Å². The fourth-order valence-corrected chi connectivity index (χ4v) is 3.51. The number of nitrogens with zero attached hydrogens (tertiary/aromatic N) is 1. The molecule has 26 heavy (non-hydrogen) atoms. The highest BCUT2D eigenvalue weighted by atomic mass is 32.2. The van der Waals surface area contributed by atoms with Gasteiger partial charge in [-0.25, -0.2) is 0 Å². The third-order valence-electron chi connectivity index (χ3n) is 4.24. The first-order chi connectivity index (χ1) is 12.4. The largest absolute Gasteiger partial charge is 0.355 e. The summed E-state index contributed by atoms with van der Waals surface area (Å²) in [5, 5.41) is 12.0. The Morgan fingerprint density at radius 3 is 2.58 bits per heavy atom. The number of carbonyl (C=O) groups excluding carboxylic acids is 1. The van der Waals surface area contributed by atoms with Gasteiger partial charge in [-0.05, 0) is 50.5 Å². The number of hydrogen-bond acceptors (Lipinski definition) is 4. The van der Waals surface area contributed by atoms with Gasteiger partial charge in [-0.3, -0.25) is 9.59 Å². The molecule has 1 aromatic carbocycles. The van der Waals surface area contributed by atoms with Gasteiger partial charge in [0.15, 0.2) is 0 Å². The SMILES string of the molecule is Cc1ccc(SCCNC(=O)CCc2c(C)[nH]c(=O)c(C#N)c2C)cc1. The lowest BCUT2D eigenvalue weighted by molar-refractivity contribution is -0.120. The zero-order chi connectivity index (χ0) is 19.1. The van der Waals surface area contributed by atoms with Crippen molar-refractivity contribution < 1.29 is 4.79 Å². The molecule has 0 fully saturated rings. The van der Waals surface area contributed by atoms with E-state index >= 15 is 0 Å². The van der Waals surface area contributed by atoms with Crippen molar-refractivity contribution in [2.45, 2.75) is 38.5 Å². The first-order valence-corrected chi connectivity index (χ1v) is 9.49. The second-order valence-electron chi connectivity index (χ2n) is 6.18. The Hall–Kier alpha value is -2.52. The summed E-state index contributed by atoms with van der Waals surface area (Å²) in [5.74, 6) is 0.780. The number of aryl methyl sites for hydroxylation is 2. The lowest BCUT2D eigenvalue weighted by Crippen LogP contribution is -2.26. The second kappa shape index (κ2) is 9.25. The van der Waals surface area contributed by atoms with Crippen LogP contribution in [0.3, 0.4) is 0 Å². The molecule has 1 aromatic heterocycles. The van der Waals surface area contributed by atoms with Crippen molar-refractivity contribution in [1.82, 2.24) is 10.3 Å². The van der Waals surface area contributed by atoms with Crippen molar-refractivity contribution in [3.05, 3.63) is 62.6 Å². The van der Waals surface area contributed by atoms with E-state index in [0.717, 1.165) is 11.3 Å². The van der Waals surface area contributed by atoms with E-state index in [0.29, 0.717) is 30.6 Å². The zero-order valence-corrected chi connectivity index (χ0v) is 16.1. The van der Waals surface area contributed by atoms with Crippen molar-refractivity contribution in [1.29, 1.82) is 5.26 Å². The summed E-state index contributed by atoms with van der Waals surface area (Å²) in [6.45, 7) is 6.21. The van der Waals surface area contributed by atoms with Crippen LogP contribution < -0.4 is 10.9 Å². The van der Waals surface area contributed by atoms with Crippen LogP contribution in [-0.2, 0) is 11.2 Å². The molecule has 1 heterocycles. The fraction of sp³-hybridized carbons (Fsp3) is 0.350. The number of pyridine rings is 1. The maximum absolute atomic E-state index is 12.1. The molecule has 0 unspecified atom stereocenters. The fourth-order valence-electron chi connectivity index (χ4n) is 2.74. The number of thioether (sulfide) groups is 1. The predicted molar refractivity (Wildman–Crippen MR) is 104 cm³/mol. The first-order valence-electron chi connectivity index (χ1n) is 8.51. The van der Waals surface area contributed by atoms with Gasteiger partial charge in [0.05, 0.1) is 0 Å². The normalized spacial score (nSPS) is 10.4. The van der Waals surface area contributed by atoms with Crippen LogP contribution in [-0.4, -0.2) is 23.2 Å². The average molecular weight is 369 g/mol. The molecule has 0 bridgehead atoms. The number of amides is 1. The quantitative estimate of drug-likeness (QED) is 0.580. The monoisotopic (exact) mass is 369 g/mol. The van der Waals surface area contributed by atoms with Crippen molar-refractivity contribution >= 4 is 17.7 Å². The minimum absolute atomic E-state index is 0.0296. The summed E-state index contributed by atoms with van der Waals surface area (Å²) in [4.78, 5) is 27.7. The number of carbonyl (C=O) groups is 1. The molecule has 6 heteroatoms. The Kier molecular flexibility index (Phi) is 7.05. The smallest absolute Gasteiger partial charge is 0.266 e. The number of nitrogens with one attached hydrogen (secondary N) is 2. The van der Waals surface area contributed by atoms with E-state index in [4.69, 9.17) is 5.26 Å². The third kappa shape index (κ3) is 5.24. The molecule has 136 valence electrons. The molecule has 0 radical (unpaired) electrons. The molecule has 5 nitrogen and oxygen atoms in total. The van der Waals surface area contributed by atoms with Crippen molar-refractivity contribution in [3.8, 4) is 6.07 Å². The van der Waals surface area contributed by atoms with Crippen molar-refractivity contribution in [3.63, 3.8) is 0 Å². The Morgan fingerprint density at radius 2 is 1.92 bits per heavy atom. The minimum Gasteiger partial charge on any atom is -0.355 e. The van der Waals surface area contributed by atoms with E-state index < -0.39 is 0 Å². The standard InChI is InChI=1S/C20H23N3O2S/c1-13-4-6-16(7-5-13)26-11-10-22-19(24)9-8-17-14(2)18(12-21)20(25)23-15(17)3/h4-7H,8-11H2,1-3H3,(H,22,24)(H,23,25). The van der Waals surface area contributed by atoms with E-state index in [-0.39, 0.29) is 17.0 Å². The van der Waals surface area contributed by atoms with Gasteiger partial charge in [0.1, 0.15) is 11.6 Å². The van der Waals surface area contributed by atoms with Crippen LogP contribution in [0.4, 0.5) is 0 Å². The zero-order valence-electron chi connectivity index (χ0n) is 15.3. The summed E-state index contributed by atoms with van der Waals surface area (Å²) < 4.78 is 0. The van der Waals surface area contributed by atoms with Gasteiger partial charge in [-0.2, -0.15) is 5.26 Å². The number of H-pyrrole nitrogens is 1. The van der Waals surface area contributed by atoms with Crippen LogP contribution in [0, 0.1) is 32.1 Å². The summed E-state index contributed by atoms with van der Waals surface area (Å²) >= 11 is 1.71. The highest BCUT2D eigenvalue weighted by molar-refractivity contribution is 7.99. The highest BCUT2D eigenvalue weighted by Gasteiger charge is 2.13. The van der Waals surface area contributed by atoms with Gasteiger partial charge in [0.25, 0.3) is 5.56 Å². The van der Waals surface area contributed by atoms with Gasteiger partial charge >= 0.3 is 0 Å². The number of aromatic nitrogens is 1. The van der Waals surface area contributed by atoms with E-state index in [9.17, 15) is 9.59 Å². The summed E-state index contributed by atoms with van der Waals surface area (Å²) in [5.41, 5.74) is 3.23. The Bertz CT molecular complexity index is 880. The number of hydrogen-bond donors (Lipinski definition) is 2. The summed E-state index contributed by atoms with van der Waals surface area (Å²) in [6, 6.07) is 10.2. The van der Waals surface area contributed by atoms with Crippen LogP contribution in [0.25, 0.3) is 0 Å². The molecule has 0 aliphatic carbocycles. The molecule has 0 aliphatic heterocycles. The molecule has 2 rings (SSSR count). The van der Waals surface area contributed by atoms with Crippen LogP contribution in [0.2, 0.25) is 0 Å². The number of benzene rings is 1. The second-order valence-corrected chi connectivity index (χ2v) is 7.35. The minimum atomic E-state index is -0.371. The Balaban J connectivity index is 1.81. The third-order valence-corrected chi connectivity index (χ3v) is 5.25. The molecule has 1 amide bonds. The van der Waals surface area contributed by atoms with E-state index in [1.807, 2.05) is 6.07 Å². The molecule has 2 aromatic rings. The first kappa shape index (κ1) is 19.8. The maximum atomic E-state index is 12.1. The number of nitriles is 1. The summed E-state index contributed by atoms with van der Waals surface area (Å²) in [6.07, 6.45) is 0.827. The highest BCUT2D eigenvalue weighted by Crippen LogP contribution is 2.17. The van der Waals surface area contributed by atoms with Gasteiger partial charge in [0.2, 0.25) is 5.91 Å². The van der Waals surface area contributed by atoms with E-state index in [1.54, 1.807) is 25.6 Å². The van der Waals surface area contributed by atoms with Crippen molar-refractivity contribution in [2.75, 3.05) is 12.3 Å². The van der Waals surface area contributed by atoms with Crippen LogP contribution in [0.1, 0.15) is 34.4 Å². The molecule has 0 spiro atoms. The van der Waals surface area contributed by atoms with Crippen LogP contribution >= 0.6 is 11.8 Å². The molecule has 0 aliphatic rings. The topological polar surface area (TPSA) is 85.8 Å². The maximum Gasteiger partial charge on any atom is 0.266 e. The molecular weight excluding hydrogens is 346 g/mol. The van der Waals surface area contributed by atoms with Crippen LogP contribution in [0.15, 0.2) is 34.0 Å². The number of rotatable bonds is 7. The van der Waals surface area contributed by atoms with Gasteiger partial charge in [0, 0.05) is 29.3 Å². The molecule has 0 atom stereocenters. The molecule has 0 saturated heterocycles. The van der Waals surface area contributed by atoms with Gasteiger partial charge in [-0.15, -0.1) is 11.8 Å². The van der Waals surface area contributed by atoms with Crippen molar-refractivity contribution in [2.24, 2.45) is 0 Å². The number of aromatic amines is 1. The Morgan fingerprint density at radius 1 is 1.23 bits per heavy atom. The Labute approximate surface area is 157 Å². The van der Waals surface area contributed by atoms with Gasteiger partial charge < -0.3 is 10.3 Å². The molecular formula is C20H23N3O2S. The predicted octanol–water partition coefficient (Wildman–Crippen LogP) is 3.01. The average Bonchev–Trinajstić information content (AvgIpc) is 2.60. The lowest BCUT2D eigenvalue weighted by atomic mass is 9.99. The van der Waals surface area contributed by atoms with Gasteiger partial charge in [-0.1, -0.05) is 17.7 Å². The van der Waals surface area contributed by atoms with E-state index in [2.05, 4.69) is 41.5 Å². The molecule has 0 saturated carbocycles. The lowest BCUT2D eigenvalue weighted by Gasteiger charge is -2.11.